The van der Waals surface area contributed by atoms with Gasteiger partial charge in [-0.3, -0.25) is 0 Å². The fourth-order valence-electron chi connectivity index (χ4n) is 8.91. The number of pyridine rings is 1. The molecule has 0 unspecified atom stereocenters. The molecule has 0 fully saturated rings. The maximum atomic E-state index is 5.01. The molecule has 0 saturated carbocycles. The van der Waals surface area contributed by atoms with Crippen LogP contribution < -0.4 is 4.90 Å². The zero-order valence-corrected chi connectivity index (χ0v) is 37.1. The Bertz CT molecular complexity index is 3330. The van der Waals surface area contributed by atoms with E-state index in [-0.39, 0.29) is 27.1 Å². The van der Waals surface area contributed by atoms with Gasteiger partial charge in [-0.25, -0.2) is 14.1 Å². The summed E-state index contributed by atoms with van der Waals surface area (Å²) in [5.74, 6) is 0.832. The zero-order chi connectivity index (χ0) is 41.6. The van der Waals surface area contributed by atoms with Crippen LogP contribution in [0.2, 0.25) is 0 Å². The quantitative estimate of drug-likeness (QED) is 0.135. The van der Waals surface area contributed by atoms with Crippen LogP contribution in [0.15, 0.2) is 213 Å². The third-order valence-corrected chi connectivity index (χ3v) is 11.8. The molecule has 306 valence electrons. The van der Waals surface area contributed by atoms with E-state index < -0.39 is 0 Å². The third-order valence-electron chi connectivity index (χ3n) is 11.8. The number of hydrogen-bond donors (Lipinski definition) is 0. The number of fused-ring (bicyclic) bond motifs is 4. The van der Waals surface area contributed by atoms with Gasteiger partial charge in [0.15, 0.2) is 17.4 Å². The molecule has 63 heavy (non-hydrogen) atoms. The Morgan fingerprint density at radius 2 is 1.10 bits per heavy atom. The van der Waals surface area contributed by atoms with Gasteiger partial charge in [-0.2, -0.15) is 12.1 Å². The normalized spacial score (nSPS) is 11.3. The number of anilines is 3. The molecule has 0 N–H and O–H groups in total. The van der Waals surface area contributed by atoms with E-state index in [9.17, 15) is 0 Å². The molecule has 0 atom stereocenters. The van der Waals surface area contributed by atoms with Crippen molar-refractivity contribution in [1.82, 2.24) is 18.7 Å². The first-order valence-electron chi connectivity index (χ1n) is 21.2. The summed E-state index contributed by atoms with van der Waals surface area (Å²) in [6.07, 6.45) is 4.11. The summed E-state index contributed by atoms with van der Waals surface area (Å²) in [6.45, 7) is 4.45. The van der Waals surface area contributed by atoms with E-state index >= 15 is 0 Å². The summed E-state index contributed by atoms with van der Waals surface area (Å²) in [7, 11) is 0. The fourth-order valence-corrected chi connectivity index (χ4v) is 8.91. The average Bonchev–Trinajstić information content (AvgIpc) is 3.89. The second kappa shape index (κ2) is 16.9. The number of imidazole rings is 1. The van der Waals surface area contributed by atoms with Crippen LogP contribution in [0.3, 0.4) is 0 Å². The molecule has 0 bridgehead atoms. The molecule has 11 rings (SSSR count). The van der Waals surface area contributed by atoms with Crippen LogP contribution in [0, 0.1) is 12.1 Å². The maximum Gasteiger partial charge on any atom is 0.188 e. The average molecular weight is 992 g/mol. The summed E-state index contributed by atoms with van der Waals surface area (Å²) < 4.78 is 6.85. The number of rotatable bonds is 9. The van der Waals surface area contributed by atoms with Crippen molar-refractivity contribution in [2.45, 2.75) is 19.9 Å². The van der Waals surface area contributed by atoms with E-state index in [2.05, 4.69) is 251 Å². The molecule has 0 radical (unpaired) electrons. The Kier molecular flexibility index (Phi) is 10.6. The molecule has 0 aliphatic heterocycles. The molecule has 3 heterocycles. The molecule has 0 aliphatic rings. The van der Waals surface area contributed by atoms with Crippen LogP contribution in [0.5, 0.6) is 0 Å². The number of para-hydroxylation sites is 4. The Hall–Kier alpha value is -7.33. The minimum absolute atomic E-state index is 0. The zero-order valence-electron chi connectivity index (χ0n) is 34.8. The smallest absolute Gasteiger partial charge is 0.188 e. The summed E-state index contributed by atoms with van der Waals surface area (Å²) in [4.78, 5) is 7.36. The SMILES string of the molecule is CC(C)n1[cH+]n(-c2[c-]c(N(c3[c-]c4c(cc3)c3ccccc3n4-c3cc(-c4ccccc4)ccn3)c3c(-c4ccccc4)cccc3-c3ccccc3)ccc2)c2ccccc21.[Pt]. The molecule has 0 amide bonds. The molecule has 0 aliphatic carbocycles. The predicted molar refractivity (Wildman–Crippen MR) is 257 cm³/mol. The van der Waals surface area contributed by atoms with E-state index in [1.165, 1.54) is 5.52 Å². The second-order valence-electron chi connectivity index (χ2n) is 15.9. The van der Waals surface area contributed by atoms with Gasteiger partial charge in [-0.15, -0.1) is 29.7 Å². The van der Waals surface area contributed by atoms with Gasteiger partial charge in [0.05, 0.1) is 11.7 Å². The van der Waals surface area contributed by atoms with Crippen LogP contribution in [0.4, 0.5) is 17.1 Å². The van der Waals surface area contributed by atoms with E-state index in [0.29, 0.717) is 0 Å². The molecule has 5 nitrogen and oxygen atoms in total. The van der Waals surface area contributed by atoms with E-state index in [4.69, 9.17) is 4.98 Å². The molecule has 0 saturated heterocycles. The molecular weight excluding hydrogens is 950 g/mol. The van der Waals surface area contributed by atoms with Gasteiger partial charge in [0.25, 0.3) is 0 Å². The van der Waals surface area contributed by atoms with Crippen LogP contribution in [-0.4, -0.2) is 18.7 Å². The van der Waals surface area contributed by atoms with Crippen molar-refractivity contribution in [2.75, 3.05) is 4.90 Å². The predicted octanol–water partition coefficient (Wildman–Crippen LogP) is 14.9. The largest absolute Gasteiger partial charge is 0.357 e. The number of benzene rings is 8. The van der Waals surface area contributed by atoms with Crippen molar-refractivity contribution in [1.29, 1.82) is 0 Å². The van der Waals surface area contributed by atoms with Gasteiger partial charge >= 0.3 is 0 Å². The number of aromatic nitrogens is 4. The van der Waals surface area contributed by atoms with Gasteiger partial charge in [-0.05, 0) is 71.8 Å². The van der Waals surface area contributed by atoms with Gasteiger partial charge < -0.3 is 9.47 Å². The second-order valence-corrected chi connectivity index (χ2v) is 15.9. The monoisotopic (exact) mass is 991 g/mol. The molecule has 11 aromatic rings. The fraction of sp³-hybridized carbons (Fsp3) is 0.0526. The summed E-state index contributed by atoms with van der Waals surface area (Å²) >= 11 is 0. The molecular formula is C57H42N5Pt-. The topological polar surface area (TPSA) is 30.9 Å². The van der Waals surface area contributed by atoms with Gasteiger partial charge in [0.2, 0.25) is 0 Å². The Morgan fingerprint density at radius 1 is 0.508 bits per heavy atom. The van der Waals surface area contributed by atoms with E-state index in [0.717, 1.165) is 89.3 Å². The number of hydrogen-bond acceptors (Lipinski definition) is 2. The van der Waals surface area contributed by atoms with Crippen molar-refractivity contribution in [3.05, 3.63) is 225 Å². The Balaban J connectivity index is 0.00000471. The first-order chi connectivity index (χ1) is 30.6. The minimum atomic E-state index is 0. The molecule has 6 heteroatoms. The van der Waals surface area contributed by atoms with Crippen LogP contribution in [0.1, 0.15) is 19.9 Å². The molecule has 8 aromatic carbocycles. The molecule has 3 aromatic heterocycles. The van der Waals surface area contributed by atoms with Crippen molar-refractivity contribution < 1.29 is 21.1 Å². The summed E-state index contributed by atoms with van der Waals surface area (Å²) in [5, 5.41) is 2.25. The Labute approximate surface area is 382 Å². The maximum absolute atomic E-state index is 5.01. The standard InChI is InChI=1S/C57H42N5.Pt/c1-40(2)59-39-60(54-31-15-14-30-53(54)59)45-24-16-25-46(37-45)61(57-48(42-20-8-4-9-21-42)27-17-28-49(57)43-22-10-5-11-23-43)47-32-33-51-50-26-12-13-29-52(50)62(55(51)38-47)56-36-44(34-35-58-56)41-18-6-3-7-19-41;/h3-36,39-40H,1-2H3;/q-1;. The van der Waals surface area contributed by atoms with Crippen molar-refractivity contribution in [2.24, 2.45) is 0 Å². The molecule has 0 spiro atoms. The first-order valence-corrected chi connectivity index (χ1v) is 21.2. The van der Waals surface area contributed by atoms with Gasteiger partial charge in [0, 0.05) is 61.7 Å². The van der Waals surface area contributed by atoms with Crippen LogP contribution in [-0.2, 0) is 21.1 Å². The van der Waals surface area contributed by atoms with Gasteiger partial charge in [0.1, 0.15) is 5.82 Å². The van der Waals surface area contributed by atoms with Gasteiger partial charge in [-0.1, -0.05) is 150 Å². The van der Waals surface area contributed by atoms with Crippen LogP contribution >= 0.6 is 0 Å². The Morgan fingerprint density at radius 3 is 1.78 bits per heavy atom. The van der Waals surface area contributed by atoms with E-state index in [1.807, 2.05) is 6.20 Å². The van der Waals surface area contributed by atoms with Crippen molar-refractivity contribution in [3.8, 4) is 44.9 Å². The first kappa shape index (κ1) is 39.8. The summed E-state index contributed by atoms with van der Waals surface area (Å²) in [6, 6.07) is 79.1. The van der Waals surface area contributed by atoms with Crippen molar-refractivity contribution in [3.63, 3.8) is 0 Å². The van der Waals surface area contributed by atoms with Crippen molar-refractivity contribution >= 4 is 49.9 Å². The summed E-state index contributed by atoms with van der Waals surface area (Å²) in [5.41, 5.74) is 14.7. The van der Waals surface area contributed by atoms with Crippen LogP contribution in [0.25, 0.3) is 77.7 Å². The number of nitrogens with zero attached hydrogens (tertiary/aromatic N) is 5. The van der Waals surface area contributed by atoms with E-state index in [1.54, 1.807) is 0 Å². The third kappa shape index (κ3) is 7.15. The minimum Gasteiger partial charge on any atom is -0.357 e.